The molecule has 3 aromatic rings. The van der Waals surface area contributed by atoms with Crippen LogP contribution in [0.2, 0.25) is 0 Å². The van der Waals surface area contributed by atoms with Crippen molar-refractivity contribution in [3.8, 4) is 0 Å². The van der Waals surface area contributed by atoms with E-state index in [1.807, 2.05) is 52.6 Å². The lowest BCUT2D eigenvalue weighted by atomic mass is 10.1. The second kappa shape index (κ2) is 11.8. The van der Waals surface area contributed by atoms with Gasteiger partial charge in [0, 0.05) is 49.9 Å². The molecule has 6 heteroatoms. The molecule has 0 spiro atoms. The molecule has 4 rings (SSSR count). The van der Waals surface area contributed by atoms with Gasteiger partial charge in [-0.15, -0.1) is 0 Å². The number of aryl methyl sites for hydroxylation is 3. The third-order valence-electron chi connectivity index (χ3n) is 6.93. The molecular formula is C30H36N4O2. The summed E-state index contributed by atoms with van der Waals surface area (Å²) in [5.74, 6) is 0.164. The zero-order valence-electron chi connectivity index (χ0n) is 21.6. The van der Waals surface area contributed by atoms with Gasteiger partial charge in [-0.25, -0.2) is 0 Å². The van der Waals surface area contributed by atoms with Crippen LogP contribution in [0, 0.1) is 20.8 Å². The Bertz CT molecular complexity index is 1200. The van der Waals surface area contributed by atoms with Gasteiger partial charge in [-0.3, -0.25) is 14.3 Å². The SMILES string of the molecule is Cc1ccc(Cn2nc(C)c(/C=C/C(=O)N3CCN(C(=O)CCCc4ccccc4)CC3)c2C)cc1. The van der Waals surface area contributed by atoms with Gasteiger partial charge in [0.15, 0.2) is 0 Å². The Hall–Kier alpha value is -3.67. The van der Waals surface area contributed by atoms with Crippen LogP contribution in [-0.2, 0) is 22.6 Å². The molecule has 2 amide bonds. The third kappa shape index (κ3) is 6.51. The van der Waals surface area contributed by atoms with Crippen molar-refractivity contribution in [1.29, 1.82) is 0 Å². The van der Waals surface area contributed by atoms with E-state index in [9.17, 15) is 9.59 Å². The van der Waals surface area contributed by atoms with Crippen LogP contribution in [0.1, 0.15) is 46.5 Å². The quantitative estimate of drug-likeness (QED) is 0.440. The van der Waals surface area contributed by atoms with E-state index in [1.165, 1.54) is 16.7 Å². The first-order valence-electron chi connectivity index (χ1n) is 12.8. The lowest BCUT2D eigenvalue weighted by molar-refractivity contribution is -0.137. The van der Waals surface area contributed by atoms with Crippen molar-refractivity contribution < 1.29 is 9.59 Å². The Labute approximate surface area is 214 Å². The Kier molecular flexibility index (Phi) is 8.36. The highest BCUT2D eigenvalue weighted by atomic mass is 16.2. The van der Waals surface area contributed by atoms with Crippen LogP contribution in [0.3, 0.4) is 0 Å². The van der Waals surface area contributed by atoms with E-state index in [0.717, 1.165) is 29.8 Å². The van der Waals surface area contributed by atoms with E-state index < -0.39 is 0 Å². The van der Waals surface area contributed by atoms with Gasteiger partial charge in [-0.1, -0.05) is 60.2 Å². The number of nitrogens with zero attached hydrogens (tertiary/aromatic N) is 4. The molecular weight excluding hydrogens is 448 g/mol. The van der Waals surface area contributed by atoms with Gasteiger partial charge in [0.25, 0.3) is 0 Å². The van der Waals surface area contributed by atoms with E-state index in [0.29, 0.717) is 39.1 Å². The molecule has 0 radical (unpaired) electrons. The lowest BCUT2D eigenvalue weighted by Gasteiger charge is -2.34. The molecule has 6 nitrogen and oxygen atoms in total. The summed E-state index contributed by atoms with van der Waals surface area (Å²) in [7, 11) is 0. The highest BCUT2D eigenvalue weighted by Crippen LogP contribution is 2.17. The molecule has 0 bridgehead atoms. The Morgan fingerprint density at radius 2 is 1.53 bits per heavy atom. The molecule has 0 atom stereocenters. The fraction of sp³-hybridized carbons (Fsp3) is 0.367. The fourth-order valence-corrected chi connectivity index (χ4v) is 4.66. The number of hydrogen-bond donors (Lipinski definition) is 0. The molecule has 0 unspecified atom stereocenters. The van der Waals surface area contributed by atoms with Crippen molar-refractivity contribution in [3.63, 3.8) is 0 Å². The van der Waals surface area contributed by atoms with Gasteiger partial charge in [-0.05, 0) is 50.8 Å². The summed E-state index contributed by atoms with van der Waals surface area (Å²) in [5.41, 5.74) is 6.65. The molecule has 36 heavy (non-hydrogen) atoms. The number of rotatable bonds is 8. The van der Waals surface area contributed by atoms with Gasteiger partial charge in [0.1, 0.15) is 0 Å². The topological polar surface area (TPSA) is 58.4 Å². The van der Waals surface area contributed by atoms with E-state index in [-0.39, 0.29) is 11.8 Å². The predicted octanol–water partition coefficient (Wildman–Crippen LogP) is 4.56. The van der Waals surface area contributed by atoms with E-state index in [1.54, 1.807) is 6.08 Å². The smallest absolute Gasteiger partial charge is 0.246 e. The summed E-state index contributed by atoms with van der Waals surface area (Å²) in [5, 5.41) is 4.69. The van der Waals surface area contributed by atoms with Crippen molar-refractivity contribution in [1.82, 2.24) is 19.6 Å². The molecule has 0 aliphatic carbocycles. The number of aromatic nitrogens is 2. The average molecular weight is 485 g/mol. The number of benzene rings is 2. The maximum atomic E-state index is 12.8. The summed E-state index contributed by atoms with van der Waals surface area (Å²) in [6.07, 6.45) is 5.84. The number of carbonyl (C=O) groups is 2. The number of amides is 2. The number of carbonyl (C=O) groups excluding carboxylic acids is 2. The maximum absolute atomic E-state index is 12.8. The van der Waals surface area contributed by atoms with Gasteiger partial charge in [-0.2, -0.15) is 5.10 Å². The molecule has 1 aliphatic heterocycles. The van der Waals surface area contributed by atoms with Crippen LogP contribution in [0.25, 0.3) is 6.08 Å². The summed E-state index contributed by atoms with van der Waals surface area (Å²) >= 11 is 0. The van der Waals surface area contributed by atoms with Crippen molar-refractivity contribution in [3.05, 3.63) is 94.3 Å². The molecule has 1 aliphatic rings. The monoisotopic (exact) mass is 484 g/mol. The maximum Gasteiger partial charge on any atom is 0.246 e. The van der Waals surface area contributed by atoms with Gasteiger partial charge >= 0.3 is 0 Å². The lowest BCUT2D eigenvalue weighted by Crippen LogP contribution is -2.50. The molecule has 0 saturated carbocycles. The first-order valence-corrected chi connectivity index (χ1v) is 12.8. The van der Waals surface area contributed by atoms with E-state index in [4.69, 9.17) is 0 Å². The van der Waals surface area contributed by atoms with Crippen molar-refractivity contribution >= 4 is 17.9 Å². The highest BCUT2D eigenvalue weighted by Gasteiger charge is 2.23. The average Bonchev–Trinajstić information content (AvgIpc) is 3.16. The van der Waals surface area contributed by atoms with Crippen LogP contribution < -0.4 is 0 Å². The van der Waals surface area contributed by atoms with Crippen molar-refractivity contribution in [2.45, 2.75) is 46.6 Å². The van der Waals surface area contributed by atoms with Crippen molar-refractivity contribution in [2.75, 3.05) is 26.2 Å². The fourth-order valence-electron chi connectivity index (χ4n) is 4.66. The summed E-state index contributed by atoms with van der Waals surface area (Å²) in [6, 6.07) is 18.7. The predicted molar refractivity (Wildman–Crippen MR) is 144 cm³/mol. The normalized spacial score (nSPS) is 14.0. The molecule has 1 aromatic heterocycles. The Morgan fingerprint density at radius 3 is 2.22 bits per heavy atom. The minimum absolute atomic E-state index is 0.0174. The molecule has 188 valence electrons. The van der Waals surface area contributed by atoms with Gasteiger partial charge in [0.05, 0.1) is 12.2 Å². The molecule has 1 fully saturated rings. The van der Waals surface area contributed by atoms with Crippen LogP contribution in [0.15, 0.2) is 60.7 Å². The van der Waals surface area contributed by atoms with Gasteiger partial charge < -0.3 is 9.80 Å². The second-order valence-corrected chi connectivity index (χ2v) is 9.61. The zero-order valence-corrected chi connectivity index (χ0v) is 21.6. The first-order chi connectivity index (χ1) is 17.4. The second-order valence-electron chi connectivity index (χ2n) is 9.61. The van der Waals surface area contributed by atoms with Crippen LogP contribution in [0.5, 0.6) is 0 Å². The largest absolute Gasteiger partial charge is 0.339 e. The molecule has 2 heterocycles. The van der Waals surface area contributed by atoms with Crippen LogP contribution >= 0.6 is 0 Å². The summed E-state index contributed by atoms with van der Waals surface area (Å²) < 4.78 is 1.99. The highest BCUT2D eigenvalue weighted by molar-refractivity contribution is 5.92. The minimum Gasteiger partial charge on any atom is -0.339 e. The van der Waals surface area contributed by atoms with Gasteiger partial charge in [0.2, 0.25) is 11.8 Å². The number of hydrogen-bond acceptors (Lipinski definition) is 3. The molecule has 2 aromatic carbocycles. The van der Waals surface area contributed by atoms with E-state index in [2.05, 4.69) is 48.4 Å². The standard InChI is InChI=1S/C30H36N4O2/c1-23-12-14-27(15-13-23)22-34-25(3)28(24(2)31-34)16-17-30(36)33-20-18-32(19-21-33)29(35)11-7-10-26-8-5-4-6-9-26/h4-6,8-9,12-17H,7,10-11,18-22H2,1-3H3/b17-16+. The summed E-state index contributed by atoms with van der Waals surface area (Å²) in [6.45, 7) is 9.13. The third-order valence-corrected chi connectivity index (χ3v) is 6.93. The Balaban J connectivity index is 1.26. The van der Waals surface area contributed by atoms with Crippen LogP contribution in [0.4, 0.5) is 0 Å². The first kappa shape index (κ1) is 25.4. The number of piperazine rings is 1. The Morgan fingerprint density at radius 1 is 0.861 bits per heavy atom. The molecule has 1 saturated heterocycles. The van der Waals surface area contributed by atoms with Crippen LogP contribution in [-0.4, -0.2) is 57.6 Å². The van der Waals surface area contributed by atoms with E-state index >= 15 is 0 Å². The summed E-state index contributed by atoms with van der Waals surface area (Å²) in [4.78, 5) is 29.2. The van der Waals surface area contributed by atoms with Crippen molar-refractivity contribution in [2.24, 2.45) is 0 Å². The molecule has 0 N–H and O–H groups in total. The minimum atomic E-state index is -0.0174. The zero-order chi connectivity index (χ0) is 25.5.